The van der Waals surface area contributed by atoms with Crippen LogP contribution in [-0.4, -0.2) is 31.2 Å². The maximum Gasteiger partial charge on any atom is 0.491 e. The van der Waals surface area contributed by atoms with Crippen molar-refractivity contribution >= 4 is 19.5 Å². The van der Waals surface area contributed by atoms with Gasteiger partial charge in [-0.2, -0.15) is 0 Å². The highest BCUT2D eigenvalue weighted by Crippen LogP contribution is 2.38. The molecule has 0 bridgehead atoms. The predicted octanol–water partition coefficient (Wildman–Crippen LogP) is 2.61. The summed E-state index contributed by atoms with van der Waals surface area (Å²) in [6.45, 7) is 8.09. The Morgan fingerprint density at radius 3 is 2.36 bits per heavy atom. The number of halogens is 1. The Morgan fingerprint density at radius 2 is 1.86 bits per heavy atom. The van der Waals surface area contributed by atoms with Crippen molar-refractivity contribution in [3.8, 4) is 0 Å². The molecule has 0 spiro atoms. The third-order valence-electron chi connectivity index (χ3n) is 4.29. The van der Waals surface area contributed by atoms with Gasteiger partial charge in [0.15, 0.2) is 6.29 Å². The first-order valence-corrected chi connectivity index (χ1v) is 7.21. The predicted molar refractivity (Wildman–Crippen MR) is 84.9 cm³/mol. The maximum atomic E-state index is 13.4. The molecule has 1 fully saturated rings. The Hall–Kier alpha value is -1.50. The topological polar surface area (TPSA) is 61.5 Å². The van der Waals surface area contributed by atoms with Gasteiger partial charge in [-0.3, -0.25) is 4.79 Å². The van der Waals surface area contributed by atoms with Gasteiger partial charge in [-0.05, 0) is 50.9 Å². The Morgan fingerprint density at radius 1 is 1.27 bits per heavy atom. The van der Waals surface area contributed by atoms with Crippen molar-refractivity contribution < 1.29 is 18.5 Å². The average molecular weight is 305 g/mol. The van der Waals surface area contributed by atoms with Crippen LogP contribution in [0.3, 0.4) is 0 Å². The fourth-order valence-electron chi connectivity index (χ4n) is 2.17. The first-order chi connectivity index (χ1) is 10.2. The quantitative estimate of drug-likeness (QED) is 0.686. The van der Waals surface area contributed by atoms with Crippen molar-refractivity contribution in [1.29, 1.82) is 0 Å². The fourth-order valence-corrected chi connectivity index (χ4v) is 2.17. The van der Waals surface area contributed by atoms with Crippen LogP contribution in [0.2, 0.25) is 0 Å². The Bertz CT molecular complexity index is 597. The van der Waals surface area contributed by atoms with Gasteiger partial charge < -0.3 is 15.0 Å². The van der Waals surface area contributed by atoms with Gasteiger partial charge in [0.2, 0.25) is 0 Å². The molecule has 1 saturated heterocycles. The van der Waals surface area contributed by atoms with E-state index in [2.05, 4.69) is 0 Å². The second-order valence-electron chi connectivity index (χ2n) is 6.41. The van der Waals surface area contributed by atoms with Crippen LogP contribution in [0, 0.1) is 5.82 Å². The van der Waals surface area contributed by atoms with Gasteiger partial charge in [0, 0.05) is 6.54 Å². The van der Waals surface area contributed by atoms with E-state index >= 15 is 0 Å². The number of aldehydes is 1. The summed E-state index contributed by atoms with van der Waals surface area (Å²) in [5.74, 6) is -0.544. The lowest BCUT2D eigenvalue weighted by Crippen LogP contribution is -2.41. The summed E-state index contributed by atoms with van der Waals surface area (Å²) in [5, 5.41) is 0. The van der Waals surface area contributed by atoms with Crippen LogP contribution in [0.15, 0.2) is 23.7 Å². The van der Waals surface area contributed by atoms with Crippen molar-refractivity contribution in [3.05, 3.63) is 40.6 Å². The first-order valence-electron chi connectivity index (χ1n) is 7.21. The van der Waals surface area contributed by atoms with E-state index in [4.69, 9.17) is 15.0 Å². The zero-order chi connectivity index (χ0) is 16.5. The number of benzene rings is 1. The molecule has 0 atom stereocenters. The van der Waals surface area contributed by atoms with E-state index in [1.54, 1.807) is 12.1 Å². The van der Waals surface area contributed by atoms with Gasteiger partial charge in [0.1, 0.15) is 5.82 Å². The van der Waals surface area contributed by atoms with Crippen LogP contribution >= 0.6 is 0 Å². The van der Waals surface area contributed by atoms with Gasteiger partial charge >= 0.3 is 7.12 Å². The molecule has 1 aliphatic rings. The minimum atomic E-state index is -0.556. The number of nitrogens with two attached hydrogens (primary N) is 1. The molecule has 0 aromatic heterocycles. The molecule has 118 valence electrons. The smallest absolute Gasteiger partial charge is 0.400 e. The molecule has 1 aliphatic heterocycles. The van der Waals surface area contributed by atoms with Gasteiger partial charge in [0.25, 0.3) is 0 Å². The SMILES string of the molecule is CC1(C)OB(C(=Cc2ccc(F)c(C=O)c2)CN)OC1(C)C. The second kappa shape index (κ2) is 5.95. The highest BCUT2D eigenvalue weighted by atomic mass is 19.1. The van der Waals surface area contributed by atoms with Crippen LogP contribution in [0.4, 0.5) is 4.39 Å². The van der Waals surface area contributed by atoms with E-state index in [0.717, 1.165) is 5.47 Å². The monoisotopic (exact) mass is 305 g/mol. The molecule has 2 N–H and O–H groups in total. The van der Waals surface area contributed by atoms with Crippen LogP contribution in [0.1, 0.15) is 43.6 Å². The highest BCUT2D eigenvalue weighted by Gasteiger charge is 2.52. The lowest BCUT2D eigenvalue weighted by atomic mass is 9.77. The largest absolute Gasteiger partial charge is 0.491 e. The van der Waals surface area contributed by atoms with Gasteiger partial charge in [-0.15, -0.1) is 0 Å². The number of carbonyl (C=O) groups is 1. The minimum Gasteiger partial charge on any atom is -0.400 e. The highest BCUT2D eigenvalue weighted by molar-refractivity contribution is 6.55. The number of hydrogen-bond donors (Lipinski definition) is 1. The molecule has 22 heavy (non-hydrogen) atoms. The summed E-state index contributed by atoms with van der Waals surface area (Å²) in [6, 6.07) is 4.32. The third-order valence-corrected chi connectivity index (χ3v) is 4.29. The number of carbonyl (C=O) groups excluding carboxylic acids is 1. The summed E-state index contributed by atoms with van der Waals surface area (Å²) in [7, 11) is -0.556. The standard InChI is InChI=1S/C16H21BFNO3/c1-15(2)16(3,4)22-17(21-15)13(9-19)8-11-5-6-14(18)12(7-11)10-20/h5-8,10H,9,19H2,1-4H3. The number of hydrogen-bond acceptors (Lipinski definition) is 4. The lowest BCUT2D eigenvalue weighted by molar-refractivity contribution is 0.00578. The van der Waals surface area contributed by atoms with Crippen molar-refractivity contribution in [1.82, 2.24) is 0 Å². The molecular weight excluding hydrogens is 284 g/mol. The zero-order valence-electron chi connectivity index (χ0n) is 13.4. The Labute approximate surface area is 130 Å². The summed E-state index contributed by atoms with van der Waals surface area (Å²) in [6.07, 6.45) is 2.26. The Kier molecular flexibility index (Phi) is 4.56. The molecule has 1 heterocycles. The van der Waals surface area contributed by atoms with Crippen molar-refractivity contribution in [2.24, 2.45) is 5.73 Å². The first kappa shape index (κ1) is 16.9. The van der Waals surface area contributed by atoms with Gasteiger partial charge in [-0.25, -0.2) is 4.39 Å². The minimum absolute atomic E-state index is 0.0130. The normalized spacial score (nSPS) is 20.3. The summed E-state index contributed by atoms with van der Waals surface area (Å²) >= 11 is 0. The lowest BCUT2D eigenvalue weighted by Gasteiger charge is -2.32. The van der Waals surface area contributed by atoms with Crippen LogP contribution in [0.25, 0.3) is 6.08 Å². The second-order valence-corrected chi connectivity index (χ2v) is 6.41. The van der Waals surface area contributed by atoms with Crippen molar-refractivity contribution in [2.45, 2.75) is 38.9 Å². The van der Waals surface area contributed by atoms with Gasteiger partial charge in [-0.1, -0.05) is 12.1 Å². The summed E-state index contributed by atoms with van der Waals surface area (Å²) < 4.78 is 25.3. The van der Waals surface area contributed by atoms with E-state index in [-0.39, 0.29) is 12.1 Å². The van der Waals surface area contributed by atoms with Crippen molar-refractivity contribution in [2.75, 3.05) is 6.54 Å². The van der Waals surface area contributed by atoms with Gasteiger partial charge in [0.05, 0.1) is 16.8 Å². The van der Waals surface area contributed by atoms with E-state index in [1.165, 1.54) is 12.1 Å². The Balaban J connectivity index is 2.31. The van der Waals surface area contributed by atoms with Crippen LogP contribution in [0.5, 0.6) is 0 Å². The van der Waals surface area contributed by atoms with E-state index in [1.807, 2.05) is 27.7 Å². The molecule has 0 amide bonds. The van der Waals surface area contributed by atoms with E-state index in [9.17, 15) is 9.18 Å². The molecule has 0 unspecified atom stereocenters. The zero-order valence-corrected chi connectivity index (χ0v) is 13.4. The summed E-state index contributed by atoms with van der Waals surface area (Å²) in [4.78, 5) is 10.8. The molecule has 0 aliphatic carbocycles. The molecule has 4 nitrogen and oxygen atoms in total. The molecule has 0 radical (unpaired) electrons. The fraction of sp³-hybridized carbons (Fsp3) is 0.438. The molecule has 1 aromatic carbocycles. The van der Waals surface area contributed by atoms with E-state index < -0.39 is 24.1 Å². The van der Waals surface area contributed by atoms with E-state index in [0.29, 0.717) is 11.8 Å². The molecule has 0 saturated carbocycles. The molecule has 2 rings (SSSR count). The number of rotatable bonds is 4. The van der Waals surface area contributed by atoms with Crippen LogP contribution in [-0.2, 0) is 9.31 Å². The molecule has 6 heteroatoms. The van der Waals surface area contributed by atoms with Crippen molar-refractivity contribution in [3.63, 3.8) is 0 Å². The molecular formula is C16H21BFNO3. The molecule has 1 aromatic rings. The summed E-state index contributed by atoms with van der Waals surface area (Å²) in [5.41, 5.74) is 6.33. The third kappa shape index (κ3) is 3.14. The average Bonchev–Trinajstić information content (AvgIpc) is 2.66. The van der Waals surface area contributed by atoms with Crippen LogP contribution < -0.4 is 5.73 Å². The maximum absolute atomic E-state index is 13.4.